The summed E-state index contributed by atoms with van der Waals surface area (Å²) in [6.45, 7) is 4.76. The second-order valence-electron chi connectivity index (χ2n) is 5.37. The lowest BCUT2D eigenvalue weighted by molar-refractivity contribution is 0.0700. The number of hydrogen-bond donors (Lipinski definition) is 2. The molecule has 0 fully saturated rings. The quantitative estimate of drug-likeness (QED) is 0.793. The predicted molar refractivity (Wildman–Crippen MR) is 93.9 cm³/mol. The first-order chi connectivity index (χ1) is 11.7. The lowest BCUT2D eigenvalue weighted by Crippen LogP contribution is -2.28. The Morgan fingerprint density at radius 2 is 1.96 bits per heavy atom. The molecule has 0 aliphatic rings. The monoisotopic (exact) mass is 382 g/mol. The van der Waals surface area contributed by atoms with Gasteiger partial charge >= 0.3 is 5.97 Å². The molecule has 0 radical (unpaired) electrons. The summed E-state index contributed by atoms with van der Waals surface area (Å²) in [5, 5.41) is 12.2. The number of nitrogens with zero attached hydrogens (tertiary/aromatic N) is 1. The van der Waals surface area contributed by atoms with Crippen LogP contribution in [0.3, 0.4) is 0 Å². The molecule has 1 atom stereocenters. The number of nitrogens with one attached hydrogen (secondary N) is 1. The van der Waals surface area contributed by atoms with Gasteiger partial charge in [0.25, 0.3) is 5.91 Å². The molecule has 134 valence electrons. The molecular weight excluding hydrogens is 364 g/mol. The number of thiazole rings is 1. The Bertz CT molecular complexity index is 918. The third kappa shape index (κ3) is 4.05. The lowest BCUT2D eigenvalue weighted by Gasteiger charge is -2.13. The third-order valence-corrected chi connectivity index (χ3v) is 6.69. The summed E-state index contributed by atoms with van der Waals surface area (Å²) in [5.41, 5.74) is 0.436. The number of benzene rings is 1. The first-order valence-electron chi connectivity index (χ1n) is 7.50. The number of rotatable bonds is 6. The van der Waals surface area contributed by atoms with Crippen LogP contribution in [-0.4, -0.2) is 36.1 Å². The van der Waals surface area contributed by atoms with Crippen LogP contribution < -0.4 is 5.32 Å². The number of carboxylic acid groups (broad SMARTS) is 1. The fraction of sp³-hybridized carbons (Fsp3) is 0.312. The van der Waals surface area contributed by atoms with E-state index in [1.54, 1.807) is 26.0 Å². The third-order valence-electron chi connectivity index (χ3n) is 3.57. The maximum atomic E-state index is 12.5. The molecule has 2 rings (SSSR count). The number of aryl methyl sites for hydroxylation is 1. The summed E-state index contributed by atoms with van der Waals surface area (Å²) in [4.78, 5) is 27.9. The van der Waals surface area contributed by atoms with Crippen molar-refractivity contribution in [3.63, 3.8) is 0 Å². The number of carboxylic acids is 1. The van der Waals surface area contributed by atoms with Gasteiger partial charge < -0.3 is 10.4 Å². The molecule has 0 spiro atoms. The van der Waals surface area contributed by atoms with Gasteiger partial charge in [0.05, 0.1) is 27.9 Å². The van der Waals surface area contributed by atoms with E-state index in [2.05, 4.69) is 10.3 Å². The molecule has 2 aromatic rings. The van der Waals surface area contributed by atoms with Crippen LogP contribution in [0.5, 0.6) is 0 Å². The number of carbonyl (C=O) groups excluding carboxylic acids is 1. The van der Waals surface area contributed by atoms with Crippen molar-refractivity contribution < 1.29 is 23.1 Å². The second-order valence-corrected chi connectivity index (χ2v) is 8.64. The summed E-state index contributed by atoms with van der Waals surface area (Å²) in [6.07, 6.45) is 0. The molecule has 1 heterocycles. The van der Waals surface area contributed by atoms with Crippen LogP contribution in [-0.2, 0) is 9.84 Å². The minimum atomic E-state index is -3.54. The highest BCUT2D eigenvalue weighted by Gasteiger charge is 2.23. The van der Waals surface area contributed by atoms with Gasteiger partial charge in [0, 0.05) is 0 Å². The summed E-state index contributed by atoms with van der Waals surface area (Å²) in [5.74, 6) is -1.73. The van der Waals surface area contributed by atoms with Crippen molar-refractivity contribution in [3.05, 3.63) is 45.4 Å². The topological polar surface area (TPSA) is 113 Å². The van der Waals surface area contributed by atoms with Crippen molar-refractivity contribution in [1.29, 1.82) is 0 Å². The van der Waals surface area contributed by atoms with E-state index in [4.69, 9.17) is 5.11 Å². The van der Waals surface area contributed by atoms with E-state index in [0.29, 0.717) is 10.7 Å². The molecule has 7 nitrogen and oxygen atoms in total. The van der Waals surface area contributed by atoms with Gasteiger partial charge in [-0.25, -0.2) is 18.2 Å². The molecule has 25 heavy (non-hydrogen) atoms. The van der Waals surface area contributed by atoms with Crippen molar-refractivity contribution in [2.24, 2.45) is 0 Å². The van der Waals surface area contributed by atoms with Crippen LogP contribution in [0, 0.1) is 6.92 Å². The van der Waals surface area contributed by atoms with Crippen LogP contribution in [0.2, 0.25) is 0 Å². The zero-order valence-corrected chi connectivity index (χ0v) is 15.6. The van der Waals surface area contributed by atoms with Crippen LogP contribution in [0.15, 0.2) is 29.2 Å². The highest BCUT2D eigenvalue weighted by molar-refractivity contribution is 7.91. The Labute approximate surface area is 149 Å². The summed E-state index contributed by atoms with van der Waals surface area (Å²) < 4.78 is 24.3. The zero-order chi connectivity index (χ0) is 18.8. The number of amides is 1. The standard InChI is InChI=1S/C16H18N2O5S2/c1-4-25(22,23)12-8-6-5-7-11(12)14(19)17-10(3)15-18-9(2)13(24-15)16(20)21/h5-8,10H,4H2,1-3H3,(H,17,19)(H,20,21). The van der Waals surface area contributed by atoms with Gasteiger partial charge in [0.2, 0.25) is 0 Å². The zero-order valence-electron chi connectivity index (χ0n) is 13.9. The Morgan fingerprint density at radius 1 is 1.32 bits per heavy atom. The Morgan fingerprint density at radius 3 is 2.52 bits per heavy atom. The van der Waals surface area contributed by atoms with E-state index in [1.165, 1.54) is 19.1 Å². The number of aromatic carboxylic acids is 1. The van der Waals surface area contributed by atoms with Gasteiger partial charge in [0.15, 0.2) is 9.84 Å². The van der Waals surface area contributed by atoms with Gasteiger partial charge in [-0.2, -0.15) is 0 Å². The average molecular weight is 382 g/mol. The molecule has 1 aromatic carbocycles. The SMILES string of the molecule is CCS(=O)(=O)c1ccccc1C(=O)NC(C)c1nc(C)c(C(=O)O)s1. The van der Waals surface area contributed by atoms with Gasteiger partial charge in [-0.15, -0.1) is 11.3 Å². The summed E-state index contributed by atoms with van der Waals surface area (Å²) >= 11 is 0.984. The van der Waals surface area contributed by atoms with Crippen molar-refractivity contribution in [2.75, 3.05) is 5.75 Å². The Hall–Kier alpha value is -2.26. The van der Waals surface area contributed by atoms with E-state index in [1.807, 2.05) is 0 Å². The predicted octanol–water partition coefficient (Wildman–Crippen LogP) is 2.43. The maximum absolute atomic E-state index is 12.5. The molecule has 0 saturated carbocycles. The van der Waals surface area contributed by atoms with Gasteiger partial charge in [-0.1, -0.05) is 19.1 Å². The Kier molecular flexibility index (Phi) is 5.58. The van der Waals surface area contributed by atoms with Gasteiger partial charge in [0.1, 0.15) is 9.88 Å². The smallest absolute Gasteiger partial charge is 0.347 e. The molecular formula is C16H18N2O5S2. The fourth-order valence-electron chi connectivity index (χ4n) is 2.22. The molecule has 0 bridgehead atoms. The highest BCUT2D eigenvalue weighted by atomic mass is 32.2. The molecule has 1 amide bonds. The summed E-state index contributed by atoms with van der Waals surface area (Å²) in [7, 11) is -3.54. The Balaban J connectivity index is 2.29. The van der Waals surface area contributed by atoms with Crippen LogP contribution in [0.25, 0.3) is 0 Å². The molecule has 0 aliphatic carbocycles. The van der Waals surface area contributed by atoms with E-state index in [9.17, 15) is 18.0 Å². The van der Waals surface area contributed by atoms with E-state index in [-0.39, 0.29) is 21.1 Å². The average Bonchev–Trinajstić information content (AvgIpc) is 2.97. The normalized spacial score (nSPS) is 12.6. The second kappa shape index (κ2) is 7.32. The number of hydrogen-bond acceptors (Lipinski definition) is 6. The minimum Gasteiger partial charge on any atom is -0.477 e. The van der Waals surface area contributed by atoms with Crippen LogP contribution in [0.1, 0.15) is 50.6 Å². The van der Waals surface area contributed by atoms with E-state index >= 15 is 0 Å². The van der Waals surface area contributed by atoms with Crippen LogP contribution >= 0.6 is 11.3 Å². The highest BCUT2D eigenvalue weighted by Crippen LogP contribution is 2.24. The minimum absolute atomic E-state index is 0.0243. The van der Waals surface area contributed by atoms with Gasteiger partial charge in [-0.05, 0) is 26.0 Å². The summed E-state index contributed by atoms with van der Waals surface area (Å²) in [6, 6.07) is 5.44. The van der Waals surface area contributed by atoms with E-state index < -0.39 is 27.8 Å². The molecule has 0 aliphatic heterocycles. The largest absolute Gasteiger partial charge is 0.477 e. The number of sulfone groups is 1. The molecule has 1 aromatic heterocycles. The molecule has 0 saturated heterocycles. The van der Waals surface area contributed by atoms with Crippen molar-refractivity contribution in [2.45, 2.75) is 31.7 Å². The maximum Gasteiger partial charge on any atom is 0.347 e. The fourth-order valence-corrected chi connectivity index (χ4v) is 4.22. The molecule has 2 N–H and O–H groups in total. The van der Waals surface area contributed by atoms with Gasteiger partial charge in [-0.3, -0.25) is 4.79 Å². The molecule has 9 heteroatoms. The van der Waals surface area contributed by atoms with Crippen LogP contribution in [0.4, 0.5) is 0 Å². The van der Waals surface area contributed by atoms with Crippen molar-refractivity contribution >= 4 is 33.1 Å². The number of carbonyl (C=O) groups is 2. The first-order valence-corrected chi connectivity index (χ1v) is 9.97. The number of aromatic nitrogens is 1. The van der Waals surface area contributed by atoms with E-state index in [0.717, 1.165) is 11.3 Å². The molecule has 1 unspecified atom stereocenters. The lowest BCUT2D eigenvalue weighted by atomic mass is 10.2. The van der Waals surface area contributed by atoms with Crippen molar-refractivity contribution in [1.82, 2.24) is 10.3 Å². The van der Waals surface area contributed by atoms with Crippen molar-refractivity contribution in [3.8, 4) is 0 Å². The first kappa shape index (κ1) is 19.1.